The molecule has 0 radical (unpaired) electrons. The Morgan fingerprint density at radius 3 is 2.23 bits per heavy atom. The normalized spacial score (nSPS) is 17.3. The van der Waals surface area contributed by atoms with Crippen molar-refractivity contribution in [2.75, 3.05) is 45.2 Å². The number of nitrogens with zero attached hydrogens (tertiary/aromatic N) is 4. The summed E-state index contributed by atoms with van der Waals surface area (Å²) in [5.41, 5.74) is 1.44. The van der Waals surface area contributed by atoms with E-state index in [-0.39, 0.29) is 17.2 Å². The molecule has 35 heavy (non-hydrogen) atoms. The Morgan fingerprint density at radius 1 is 1.00 bits per heavy atom. The standard InChI is InChI=1S/C26H33ClN4O3S/c1-29(2)25(32)22-8-9-23(28-24(22)27)30-14-10-20(11-15-30)35-21-12-16-31(17-13-21)26(33)34-18-19-6-4-3-5-7-19/h3-9,20-21H,10-18H2,1-2H3. The fourth-order valence-electron chi connectivity index (χ4n) is 4.48. The highest BCUT2D eigenvalue weighted by atomic mass is 35.5. The molecule has 2 aliphatic rings. The molecular weight excluding hydrogens is 484 g/mol. The van der Waals surface area contributed by atoms with Crippen LogP contribution in [0.2, 0.25) is 5.15 Å². The van der Waals surface area contributed by atoms with Crippen molar-refractivity contribution in [2.24, 2.45) is 0 Å². The second kappa shape index (κ2) is 12.0. The lowest BCUT2D eigenvalue weighted by Crippen LogP contribution is -2.41. The summed E-state index contributed by atoms with van der Waals surface area (Å²) in [4.78, 5) is 34.7. The Balaban J connectivity index is 1.18. The Hall–Kier alpha value is -2.45. The van der Waals surface area contributed by atoms with Crippen molar-refractivity contribution < 1.29 is 14.3 Å². The number of aromatic nitrogens is 1. The lowest BCUT2D eigenvalue weighted by Gasteiger charge is -2.36. The third kappa shape index (κ3) is 6.82. The highest BCUT2D eigenvalue weighted by Gasteiger charge is 2.28. The minimum atomic E-state index is -0.213. The largest absolute Gasteiger partial charge is 0.445 e. The van der Waals surface area contributed by atoms with Crippen LogP contribution in [-0.2, 0) is 11.3 Å². The van der Waals surface area contributed by atoms with Crippen LogP contribution in [0, 0.1) is 0 Å². The summed E-state index contributed by atoms with van der Waals surface area (Å²) in [7, 11) is 3.41. The molecule has 1 aromatic heterocycles. The molecule has 7 nitrogen and oxygen atoms in total. The van der Waals surface area contributed by atoms with Gasteiger partial charge in [0.2, 0.25) is 0 Å². The number of likely N-dealkylation sites (tertiary alicyclic amines) is 1. The summed E-state index contributed by atoms with van der Waals surface area (Å²) in [5.74, 6) is 0.691. The summed E-state index contributed by atoms with van der Waals surface area (Å²) < 4.78 is 5.49. The van der Waals surface area contributed by atoms with Gasteiger partial charge in [-0.3, -0.25) is 4.79 Å². The first kappa shape index (κ1) is 25.6. The monoisotopic (exact) mass is 516 g/mol. The zero-order valence-corrected chi connectivity index (χ0v) is 21.9. The number of hydrogen-bond acceptors (Lipinski definition) is 6. The number of amides is 2. The molecular formula is C26H33ClN4O3S. The molecule has 0 aliphatic carbocycles. The first-order chi connectivity index (χ1) is 16.9. The second-order valence-corrected chi connectivity index (χ2v) is 11.2. The molecule has 2 fully saturated rings. The van der Waals surface area contributed by atoms with E-state index in [9.17, 15) is 9.59 Å². The van der Waals surface area contributed by atoms with E-state index in [1.54, 1.807) is 20.2 Å². The Kier molecular flexibility index (Phi) is 8.78. The van der Waals surface area contributed by atoms with Gasteiger partial charge >= 0.3 is 6.09 Å². The van der Waals surface area contributed by atoms with E-state index in [0.717, 1.165) is 63.2 Å². The van der Waals surface area contributed by atoms with E-state index >= 15 is 0 Å². The minimum absolute atomic E-state index is 0.139. The van der Waals surface area contributed by atoms with Crippen molar-refractivity contribution in [1.29, 1.82) is 0 Å². The molecule has 2 saturated heterocycles. The molecule has 3 heterocycles. The number of rotatable bonds is 6. The van der Waals surface area contributed by atoms with Gasteiger partial charge in [-0.25, -0.2) is 9.78 Å². The summed E-state index contributed by atoms with van der Waals surface area (Å²) >= 11 is 8.38. The fraction of sp³-hybridized carbons (Fsp3) is 0.500. The fourth-order valence-corrected chi connectivity index (χ4v) is 6.22. The maximum absolute atomic E-state index is 12.4. The van der Waals surface area contributed by atoms with Crippen LogP contribution in [0.4, 0.5) is 10.6 Å². The number of halogens is 1. The molecule has 2 amide bonds. The van der Waals surface area contributed by atoms with E-state index in [1.165, 1.54) is 4.90 Å². The van der Waals surface area contributed by atoms with Crippen molar-refractivity contribution in [3.63, 3.8) is 0 Å². The van der Waals surface area contributed by atoms with Gasteiger partial charge < -0.3 is 19.4 Å². The molecule has 1 aromatic carbocycles. The number of benzene rings is 1. The lowest BCUT2D eigenvalue weighted by atomic mass is 10.1. The molecule has 0 unspecified atom stereocenters. The van der Waals surface area contributed by atoms with Gasteiger partial charge in [-0.1, -0.05) is 41.9 Å². The van der Waals surface area contributed by atoms with Crippen molar-refractivity contribution >= 4 is 41.2 Å². The average Bonchev–Trinajstić information content (AvgIpc) is 2.88. The van der Waals surface area contributed by atoms with E-state index in [4.69, 9.17) is 16.3 Å². The van der Waals surface area contributed by atoms with Gasteiger partial charge in [-0.15, -0.1) is 0 Å². The van der Waals surface area contributed by atoms with Gasteiger partial charge in [0.15, 0.2) is 0 Å². The topological polar surface area (TPSA) is 66.0 Å². The van der Waals surface area contributed by atoms with Crippen LogP contribution >= 0.6 is 23.4 Å². The number of carbonyl (C=O) groups excluding carboxylic acids is 2. The van der Waals surface area contributed by atoms with Crippen molar-refractivity contribution in [2.45, 2.75) is 42.8 Å². The molecule has 2 aromatic rings. The van der Waals surface area contributed by atoms with E-state index in [2.05, 4.69) is 21.6 Å². The van der Waals surface area contributed by atoms with Crippen LogP contribution in [0.25, 0.3) is 0 Å². The van der Waals surface area contributed by atoms with Crippen LogP contribution in [0.15, 0.2) is 42.5 Å². The van der Waals surface area contributed by atoms with E-state index < -0.39 is 0 Å². The summed E-state index contributed by atoms with van der Waals surface area (Å²) in [5, 5.41) is 1.44. The van der Waals surface area contributed by atoms with Gasteiger partial charge in [0.05, 0.1) is 5.56 Å². The third-order valence-corrected chi connectivity index (χ3v) is 8.53. The molecule has 0 atom stereocenters. The number of thioether (sulfide) groups is 1. The van der Waals surface area contributed by atoms with Crippen LogP contribution < -0.4 is 4.90 Å². The Morgan fingerprint density at radius 2 is 1.63 bits per heavy atom. The number of piperidine rings is 2. The predicted molar refractivity (Wildman–Crippen MR) is 141 cm³/mol. The van der Waals surface area contributed by atoms with Gasteiger partial charge in [0.25, 0.3) is 5.91 Å². The molecule has 2 aliphatic heterocycles. The molecule has 0 N–H and O–H groups in total. The van der Waals surface area contributed by atoms with Crippen LogP contribution in [-0.4, -0.2) is 77.6 Å². The van der Waals surface area contributed by atoms with Crippen LogP contribution in [0.1, 0.15) is 41.6 Å². The summed E-state index contributed by atoms with van der Waals surface area (Å²) in [6.07, 6.45) is 3.96. The number of hydrogen-bond donors (Lipinski definition) is 0. The number of pyridine rings is 1. The minimum Gasteiger partial charge on any atom is -0.445 e. The number of ether oxygens (including phenoxy) is 1. The third-order valence-electron chi connectivity index (χ3n) is 6.53. The number of anilines is 1. The van der Waals surface area contributed by atoms with Gasteiger partial charge in [0, 0.05) is 50.8 Å². The first-order valence-corrected chi connectivity index (χ1v) is 13.5. The van der Waals surface area contributed by atoms with Crippen molar-refractivity contribution in [3.8, 4) is 0 Å². The quantitative estimate of drug-likeness (QED) is 0.507. The zero-order valence-electron chi connectivity index (χ0n) is 20.4. The highest BCUT2D eigenvalue weighted by Crippen LogP contribution is 2.34. The van der Waals surface area contributed by atoms with E-state index in [0.29, 0.717) is 22.7 Å². The maximum atomic E-state index is 12.4. The SMILES string of the molecule is CN(C)C(=O)c1ccc(N2CCC(SC3CCN(C(=O)OCc4ccccc4)CC3)CC2)nc1Cl. The van der Waals surface area contributed by atoms with Crippen molar-refractivity contribution in [1.82, 2.24) is 14.8 Å². The maximum Gasteiger partial charge on any atom is 0.410 e. The lowest BCUT2D eigenvalue weighted by molar-refractivity contribution is 0.0827. The molecule has 0 spiro atoms. The van der Waals surface area contributed by atoms with Crippen LogP contribution in [0.5, 0.6) is 0 Å². The molecule has 188 valence electrons. The van der Waals surface area contributed by atoms with Gasteiger partial charge in [-0.2, -0.15) is 11.8 Å². The van der Waals surface area contributed by atoms with Gasteiger partial charge in [-0.05, 0) is 43.4 Å². The highest BCUT2D eigenvalue weighted by molar-refractivity contribution is 8.00. The van der Waals surface area contributed by atoms with Crippen LogP contribution in [0.3, 0.4) is 0 Å². The molecule has 0 bridgehead atoms. The van der Waals surface area contributed by atoms with E-state index in [1.807, 2.05) is 41.3 Å². The first-order valence-electron chi connectivity index (χ1n) is 12.1. The predicted octanol–water partition coefficient (Wildman–Crippen LogP) is 4.94. The van der Waals surface area contributed by atoms with Crippen molar-refractivity contribution in [3.05, 3.63) is 58.7 Å². The smallest absolute Gasteiger partial charge is 0.410 e. The summed E-state index contributed by atoms with van der Waals surface area (Å²) in [6.45, 7) is 3.68. The Bertz CT molecular complexity index is 1010. The molecule has 9 heteroatoms. The molecule has 0 saturated carbocycles. The Labute approximate surface area is 216 Å². The molecule has 4 rings (SSSR count). The van der Waals surface area contributed by atoms with Gasteiger partial charge in [0.1, 0.15) is 17.6 Å². The number of carbonyl (C=O) groups is 2. The second-order valence-electron chi connectivity index (χ2n) is 9.26. The summed E-state index contributed by atoms with van der Waals surface area (Å²) in [6, 6.07) is 13.4. The zero-order chi connectivity index (χ0) is 24.8. The average molecular weight is 517 g/mol.